The topological polar surface area (TPSA) is 93.9 Å². The maximum Gasteiger partial charge on any atom is 0.229 e. The van der Waals surface area contributed by atoms with Gasteiger partial charge in [-0.2, -0.15) is 10.2 Å². The highest BCUT2D eigenvalue weighted by Crippen LogP contribution is 2.23. The summed E-state index contributed by atoms with van der Waals surface area (Å²) in [6, 6.07) is 11.6. The molecule has 7 heteroatoms. The Balaban J connectivity index is 1.82. The Morgan fingerprint density at radius 3 is 2.96 bits per heavy atom. The minimum Gasteiger partial charge on any atom is -0.354 e. The highest BCUT2D eigenvalue weighted by molar-refractivity contribution is 5.73. The third kappa shape index (κ3) is 5.19. The molecule has 1 aliphatic heterocycles. The smallest absolute Gasteiger partial charge is 0.229 e. The molecule has 3 rings (SSSR count). The average Bonchev–Trinajstić information content (AvgIpc) is 3.14. The van der Waals surface area contributed by atoms with Gasteiger partial charge in [0.05, 0.1) is 11.6 Å². The van der Waals surface area contributed by atoms with Gasteiger partial charge in [0.25, 0.3) is 0 Å². The van der Waals surface area contributed by atoms with Gasteiger partial charge in [0.15, 0.2) is 0 Å². The van der Waals surface area contributed by atoms with Gasteiger partial charge in [0.1, 0.15) is 5.82 Å². The molecule has 0 saturated carbocycles. The second-order valence-electron chi connectivity index (χ2n) is 7.09. The van der Waals surface area contributed by atoms with E-state index in [1.54, 1.807) is 19.1 Å². The fraction of sp³-hybridized carbons (Fsp3) is 0.429. The zero-order chi connectivity index (χ0) is 19.9. The van der Waals surface area contributed by atoms with Crippen molar-refractivity contribution >= 4 is 23.4 Å². The summed E-state index contributed by atoms with van der Waals surface area (Å²) in [6.07, 6.45) is 3.96. The van der Waals surface area contributed by atoms with E-state index < -0.39 is 0 Å². The number of hydrogen-bond donors (Lipinski definition) is 2. The van der Waals surface area contributed by atoms with Crippen molar-refractivity contribution in [2.45, 2.75) is 45.6 Å². The van der Waals surface area contributed by atoms with E-state index in [4.69, 9.17) is 10.2 Å². The van der Waals surface area contributed by atoms with Crippen molar-refractivity contribution in [1.82, 2.24) is 15.3 Å². The van der Waals surface area contributed by atoms with Gasteiger partial charge in [-0.05, 0) is 37.5 Å². The molecule has 1 fully saturated rings. The molecule has 146 valence electrons. The monoisotopic (exact) mass is 378 g/mol. The number of hydrogen-bond acceptors (Lipinski definition) is 6. The fourth-order valence-corrected chi connectivity index (χ4v) is 3.36. The first-order valence-electron chi connectivity index (χ1n) is 9.74. The van der Waals surface area contributed by atoms with Crippen LogP contribution in [0.4, 0.5) is 17.5 Å². The molecule has 2 N–H and O–H groups in total. The minimum atomic E-state index is -0.00194. The molecule has 1 aromatic heterocycles. The molecule has 1 amide bonds. The molecule has 1 aliphatic rings. The molecular weight excluding hydrogens is 352 g/mol. The predicted octanol–water partition coefficient (Wildman–Crippen LogP) is 3.15. The minimum absolute atomic E-state index is 0.00194. The molecule has 0 spiro atoms. The van der Waals surface area contributed by atoms with Gasteiger partial charge in [-0.25, -0.2) is 4.98 Å². The summed E-state index contributed by atoms with van der Waals surface area (Å²) in [5.74, 6) is 1.40. The Hall–Kier alpha value is -3.14. The van der Waals surface area contributed by atoms with E-state index in [0.717, 1.165) is 56.0 Å². The third-order valence-electron chi connectivity index (χ3n) is 4.72. The lowest BCUT2D eigenvalue weighted by molar-refractivity contribution is -0.119. The van der Waals surface area contributed by atoms with Crippen LogP contribution in [0.25, 0.3) is 0 Å². The summed E-state index contributed by atoms with van der Waals surface area (Å²) < 4.78 is 0. The lowest BCUT2D eigenvalue weighted by atomic mass is 10.2. The lowest BCUT2D eigenvalue weighted by Gasteiger charge is -2.19. The molecular formula is C21H26N6O. The van der Waals surface area contributed by atoms with Crippen LogP contribution >= 0.6 is 0 Å². The quantitative estimate of drug-likeness (QED) is 0.769. The van der Waals surface area contributed by atoms with Crippen LogP contribution in [0.15, 0.2) is 30.3 Å². The van der Waals surface area contributed by atoms with Crippen LogP contribution in [0, 0.1) is 11.3 Å². The summed E-state index contributed by atoms with van der Waals surface area (Å²) in [5.41, 5.74) is 2.37. The standard InChI is InChI=1S/C21H26N6O/c1-3-4-7-18-12-20(27-10-9-19(14-27)23-15(2)28)26-21(25-18)24-17-8-5-6-16(11-17)13-22/h5-6,8,11-12,19H,3-4,7,9-10,14H2,1-2H3,(H,23,28)(H,24,25,26)/t19-/m0/s1. The van der Waals surface area contributed by atoms with Gasteiger partial charge in [0, 0.05) is 43.5 Å². The number of benzene rings is 1. The van der Waals surface area contributed by atoms with Gasteiger partial charge < -0.3 is 15.5 Å². The molecule has 1 atom stereocenters. The Morgan fingerprint density at radius 2 is 2.21 bits per heavy atom. The largest absolute Gasteiger partial charge is 0.354 e. The molecule has 0 aliphatic carbocycles. The molecule has 7 nitrogen and oxygen atoms in total. The zero-order valence-corrected chi connectivity index (χ0v) is 16.4. The normalized spacial score (nSPS) is 15.9. The Morgan fingerprint density at radius 1 is 1.36 bits per heavy atom. The summed E-state index contributed by atoms with van der Waals surface area (Å²) >= 11 is 0. The first kappa shape index (κ1) is 19.6. The van der Waals surface area contributed by atoms with Crippen LogP contribution in [0.5, 0.6) is 0 Å². The summed E-state index contributed by atoms with van der Waals surface area (Å²) in [5, 5.41) is 15.3. The number of nitrogens with zero attached hydrogens (tertiary/aromatic N) is 4. The molecule has 1 aromatic carbocycles. The fourth-order valence-electron chi connectivity index (χ4n) is 3.36. The van der Waals surface area contributed by atoms with Crippen LogP contribution in [0.3, 0.4) is 0 Å². The Labute approximate surface area is 165 Å². The molecule has 28 heavy (non-hydrogen) atoms. The van der Waals surface area contributed by atoms with Gasteiger partial charge in [0.2, 0.25) is 11.9 Å². The van der Waals surface area contributed by atoms with Gasteiger partial charge >= 0.3 is 0 Å². The van der Waals surface area contributed by atoms with Crippen molar-refractivity contribution in [3.8, 4) is 6.07 Å². The number of aromatic nitrogens is 2. The number of carbonyl (C=O) groups is 1. The van der Waals surface area contributed by atoms with Gasteiger partial charge in [-0.15, -0.1) is 0 Å². The molecule has 0 unspecified atom stereocenters. The van der Waals surface area contributed by atoms with Crippen LogP contribution in [0.1, 0.15) is 44.4 Å². The number of amides is 1. The lowest BCUT2D eigenvalue weighted by Crippen LogP contribution is -2.35. The van der Waals surface area contributed by atoms with E-state index in [-0.39, 0.29) is 11.9 Å². The molecule has 1 saturated heterocycles. The first-order valence-corrected chi connectivity index (χ1v) is 9.74. The van der Waals surface area contributed by atoms with E-state index in [1.165, 1.54) is 0 Å². The number of rotatable bonds is 7. The van der Waals surface area contributed by atoms with Crippen LogP contribution in [-0.4, -0.2) is 35.0 Å². The van der Waals surface area contributed by atoms with E-state index in [2.05, 4.69) is 33.5 Å². The van der Waals surface area contributed by atoms with Crippen molar-refractivity contribution < 1.29 is 4.79 Å². The highest BCUT2D eigenvalue weighted by atomic mass is 16.1. The molecule has 0 bridgehead atoms. The average molecular weight is 378 g/mol. The Bertz CT molecular complexity index is 875. The first-order chi connectivity index (χ1) is 13.6. The number of nitriles is 1. The van der Waals surface area contributed by atoms with E-state index in [9.17, 15) is 4.79 Å². The zero-order valence-electron chi connectivity index (χ0n) is 16.4. The summed E-state index contributed by atoms with van der Waals surface area (Å²) in [6.45, 7) is 5.30. The van der Waals surface area contributed by atoms with Crippen LogP contribution < -0.4 is 15.5 Å². The van der Waals surface area contributed by atoms with E-state index in [1.807, 2.05) is 18.2 Å². The number of unbranched alkanes of at least 4 members (excludes halogenated alkanes) is 1. The number of nitrogens with one attached hydrogen (secondary N) is 2. The van der Waals surface area contributed by atoms with E-state index >= 15 is 0 Å². The molecule has 2 heterocycles. The maximum absolute atomic E-state index is 11.3. The predicted molar refractivity (Wildman–Crippen MR) is 110 cm³/mol. The number of anilines is 3. The Kier molecular flexibility index (Phi) is 6.43. The third-order valence-corrected chi connectivity index (χ3v) is 4.72. The van der Waals surface area contributed by atoms with Crippen molar-refractivity contribution in [2.24, 2.45) is 0 Å². The van der Waals surface area contributed by atoms with Gasteiger partial charge in [-0.3, -0.25) is 4.79 Å². The van der Waals surface area contributed by atoms with Crippen molar-refractivity contribution in [3.05, 3.63) is 41.6 Å². The van der Waals surface area contributed by atoms with Crippen molar-refractivity contribution in [2.75, 3.05) is 23.3 Å². The number of carbonyl (C=O) groups excluding carboxylic acids is 1. The summed E-state index contributed by atoms with van der Waals surface area (Å²) in [7, 11) is 0. The highest BCUT2D eigenvalue weighted by Gasteiger charge is 2.24. The van der Waals surface area contributed by atoms with E-state index in [0.29, 0.717) is 11.5 Å². The molecule has 0 radical (unpaired) electrons. The van der Waals surface area contributed by atoms with Crippen LogP contribution in [0.2, 0.25) is 0 Å². The maximum atomic E-state index is 11.3. The second-order valence-corrected chi connectivity index (χ2v) is 7.09. The van der Waals surface area contributed by atoms with Crippen molar-refractivity contribution in [3.63, 3.8) is 0 Å². The van der Waals surface area contributed by atoms with Gasteiger partial charge in [-0.1, -0.05) is 19.4 Å². The SMILES string of the molecule is CCCCc1cc(N2CC[C@H](NC(C)=O)C2)nc(Nc2cccc(C#N)c2)n1. The number of aryl methyl sites for hydroxylation is 1. The molecule has 2 aromatic rings. The second kappa shape index (κ2) is 9.18. The van der Waals surface area contributed by atoms with Crippen LogP contribution in [-0.2, 0) is 11.2 Å². The summed E-state index contributed by atoms with van der Waals surface area (Å²) in [4.78, 5) is 22.9. The van der Waals surface area contributed by atoms with Crippen molar-refractivity contribution in [1.29, 1.82) is 5.26 Å².